The van der Waals surface area contributed by atoms with Crippen molar-refractivity contribution in [3.8, 4) is 0 Å². The maximum Gasteiger partial charge on any atom is 0.338 e. The molecule has 0 spiro atoms. The van der Waals surface area contributed by atoms with Gasteiger partial charge in [-0.05, 0) is 56.2 Å². The van der Waals surface area contributed by atoms with E-state index in [1.165, 1.54) is 24.3 Å². The van der Waals surface area contributed by atoms with Gasteiger partial charge in [0.05, 0.1) is 5.56 Å². The summed E-state index contributed by atoms with van der Waals surface area (Å²) in [6, 6.07) is 12.8. The molecule has 0 saturated heterocycles. The lowest BCUT2D eigenvalue weighted by molar-refractivity contribution is -0.126. The van der Waals surface area contributed by atoms with E-state index in [1.807, 2.05) is 31.2 Å². The van der Waals surface area contributed by atoms with Crippen LogP contribution in [0.4, 0.5) is 10.1 Å². The molecule has 3 rings (SSSR count). The topological polar surface area (TPSA) is 46.6 Å². The molecule has 24 heavy (non-hydrogen) atoms. The minimum absolute atomic E-state index is 0.0156. The van der Waals surface area contributed by atoms with Gasteiger partial charge in [-0.25, -0.2) is 9.18 Å². The van der Waals surface area contributed by atoms with Crippen molar-refractivity contribution in [2.45, 2.75) is 32.4 Å². The van der Waals surface area contributed by atoms with Crippen molar-refractivity contribution in [1.82, 2.24) is 0 Å². The number of rotatable bonds is 3. The fourth-order valence-corrected chi connectivity index (χ4v) is 2.96. The monoisotopic (exact) mass is 327 g/mol. The number of benzene rings is 2. The molecule has 0 aliphatic carbocycles. The first kappa shape index (κ1) is 16.2. The van der Waals surface area contributed by atoms with Crippen LogP contribution in [-0.4, -0.2) is 24.0 Å². The third-order valence-electron chi connectivity index (χ3n) is 4.16. The molecule has 2 aromatic carbocycles. The van der Waals surface area contributed by atoms with Crippen LogP contribution in [0.5, 0.6) is 0 Å². The number of amides is 1. The molecule has 0 saturated carbocycles. The maximum atomic E-state index is 12.9. The van der Waals surface area contributed by atoms with Crippen molar-refractivity contribution >= 4 is 17.6 Å². The highest BCUT2D eigenvalue weighted by Crippen LogP contribution is 2.32. The van der Waals surface area contributed by atoms with E-state index in [4.69, 9.17) is 4.74 Å². The Balaban J connectivity index is 1.73. The van der Waals surface area contributed by atoms with Gasteiger partial charge in [-0.2, -0.15) is 0 Å². The van der Waals surface area contributed by atoms with Crippen LogP contribution in [0.25, 0.3) is 0 Å². The SMILES string of the molecule is C[C@H](OC(=O)c1ccc(F)cc1)C(=O)N1c2ccccc2C[C@H]1C. The Morgan fingerprint density at radius 3 is 2.54 bits per heavy atom. The normalized spacial score (nSPS) is 17.3. The van der Waals surface area contributed by atoms with Crippen LogP contribution in [0.15, 0.2) is 48.5 Å². The predicted molar refractivity (Wildman–Crippen MR) is 88.4 cm³/mol. The van der Waals surface area contributed by atoms with Gasteiger partial charge >= 0.3 is 5.97 Å². The number of esters is 1. The Hall–Kier alpha value is -2.69. The summed E-state index contributed by atoms with van der Waals surface area (Å²) in [5.41, 5.74) is 2.18. The molecule has 2 aromatic rings. The summed E-state index contributed by atoms with van der Waals surface area (Å²) < 4.78 is 18.2. The number of carbonyl (C=O) groups excluding carboxylic acids is 2. The van der Waals surface area contributed by atoms with Crippen molar-refractivity contribution in [3.05, 3.63) is 65.5 Å². The van der Waals surface area contributed by atoms with Crippen LogP contribution >= 0.6 is 0 Å². The van der Waals surface area contributed by atoms with E-state index in [-0.39, 0.29) is 17.5 Å². The van der Waals surface area contributed by atoms with Crippen LogP contribution in [-0.2, 0) is 16.0 Å². The van der Waals surface area contributed by atoms with E-state index in [1.54, 1.807) is 11.8 Å². The van der Waals surface area contributed by atoms with Crippen molar-refractivity contribution < 1.29 is 18.7 Å². The Kier molecular flexibility index (Phi) is 4.34. The molecule has 0 fully saturated rings. The number of anilines is 1. The average Bonchev–Trinajstić information content (AvgIpc) is 2.90. The van der Waals surface area contributed by atoms with Crippen LogP contribution in [0.2, 0.25) is 0 Å². The van der Waals surface area contributed by atoms with Gasteiger partial charge in [0.15, 0.2) is 6.10 Å². The molecule has 0 radical (unpaired) electrons. The van der Waals surface area contributed by atoms with Gasteiger partial charge in [-0.1, -0.05) is 18.2 Å². The highest BCUT2D eigenvalue weighted by molar-refractivity contribution is 6.00. The molecule has 4 nitrogen and oxygen atoms in total. The van der Waals surface area contributed by atoms with E-state index in [9.17, 15) is 14.0 Å². The van der Waals surface area contributed by atoms with E-state index < -0.39 is 17.9 Å². The van der Waals surface area contributed by atoms with Crippen LogP contribution in [0.1, 0.15) is 29.8 Å². The lowest BCUT2D eigenvalue weighted by atomic mass is 10.1. The van der Waals surface area contributed by atoms with Gasteiger partial charge in [0.1, 0.15) is 5.82 Å². The Morgan fingerprint density at radius 2 is 1.83 bits per heavy atom. The molecule has 0 aromatic heterocycles. The van der Waals surface area contributed by atoms with Gasteiger partial charge in [-0.15, -0.1) is 0 Å². The first-order valence-electron chi connectivity index (χ1n) is 7.85. The molecule has 2 atom stereocenters. The van der Waals surface area contributed by atoms with E-state index in [0.717, 1.165) is 17.7 Å². The average molecular weight is 327 g/mol. The highest BCUT2D eigenvalue weighted by Gasteiger charge is 2.34. The van der Waals surface area contributed by atoms with Crippen molar-refractivity contribution in [2.75, 3.05) is 4.90 Å². The van der Waals surface area contributed by atoms with Crippen LogP contribution < -0.4 is 4.90 Å². The zero-order valence-corrected chi connectivity index (χ0v) is 13.5. The molecule has 0 bridgehead atoms. The molecule has 1 aliphatic heterocycles. The van der Waals surface area contributed by atoms with Crippen molar-refractivity contribution in [1.29, 1.82) is 0 Å². The van der Waals surface area contributed by atoms with Gasteiger partial charge < -0.3 is 9.64 Å². The van der Waals surface area contributed by atoms with Crippen molar-refractivity contribution in [3.63, 3.8) is 0 Å². The fraction of sp³-hybridized carbons (Fsp3) is 0.263. The molecular weight excluding hydrogens is 309 g/mol. The summed E-state index contributed by atoms with van der Waals surface area (Å²) in [5.74, 6) is -1.34. The minimum atomic E-state index is -0.920. The number of halogens is 1. The number of fused-ring (bicyclic) bond motifs is 1. The smallest absolute Gasteiger partial charge is 0.338 e. The van der Waals surface area contributed by atoms with Crippen LogP contribution in [0, 0.1) is 5.82 Å². The van der Waals surface area contributed by atoms with E-state index >= 15 is 0 Å². The summed E-state index contributed by atoms with van der Waals surface area (Å²) in [6.45, 7) is 3.52. The van der Waals surface area contributed by atoms with Gasteiger partial charge in [0.25, 0.3) is 5.91 Å². The first-order chi connectivity index (χ1) is 11.5. The fourth-order valence-electron chi connectivity index (χ4n) is 2.96. The van der Waals surface area contributed by atoms with Gasteiger partial charge in [0.2, 0.25) is 0 Å². The number of para-hydroxylation sites is 1. The standard InChI is InChI=1S/C19H18FNO3/c1-12-11-15-5-3-4-6-17(15)21(12)18(22)13(2)24-19(23)14-7-9-16(20)10-8-14/h3-10,12-13H,11H2,1-2H3/t12-,13+/m1/s1. The highest BCUT2D eigenvalue weighted by atomic mass is 19.1. The zero-order valence-electron chi connectivity index (χ0n) is 13.5. The Morgan fingerprint density at radius 1 is 1.17 bits per heavy atom. The van der Waals surface area contributed by atoms with E-state index in [0.29, 0.717) is 0 Å². The number of nitrogens with zero attached hydrogens (tertiary/aromatic N) is 1. The second-order valence-electron chi connectivity index (χ2n) is 5.94. The second-order valence-corrected chi connectivity index (χ2v) is 5.94. The summed E-state index contributed by atoms with van der Waals surface area (Å²) in [6.07, 6.45) is -0.142. The number of hydrogen-bond donors (Lipinski definition) is 0. The van der Waals surface area contributed by atoms with Crippen LogP contribution in [0.3, 0.4) is 0 Å². The van der Waals surface area contributed by atoms with E-state index in [2.05, 4.69) is 0 Å². The summed E-state index contributed by atoms with van der Waals surface area (Å²) in [4.78, 5) is 26.5. The first-order valence-corrected chi connectivity index (χ1v) is 7.85. The lowest BCUT2D eigenvalue weighted by Crippen LogP contribution is -2.43. The summed E-state index contributed by atoms with van der Waals surface area (Å²) in [5, 5.41) is 0. The number of carbonyl (C=O) groups is 2. The summed E-state index contributed by atoms with van der Waals surface area (Å²) in [7, 11) is 0. The molecule has 124 valence electrons. The van der Waals surface area contributed by atoms with Gasteiger partial charge in [-0.3, -0.25) is 4.79 Å². The molecular formula is C19H18FNO3. The number of hydrogen-bond acceptors (Lipinski definition) is 3. The molecule has 1 heterocycles. The molecule has 1 amide bonds. The third kappa shape index (κ3) is 3.02. The lowest BCUT2D eigenvalue weighted by Gasteiger charge is -2.25. The molecule has 5 heteroatoms. The Labute approximate surface area is 139 Å². The minimum Gasteiger partial charge on any atom is -0.449 e. The number of ether oxygens (including phenoxy) is 1. The largest absolute Gasteiger partial charge is 0.449 e. The second kappa shape index (κ2) is 6.43. The Bertz CT molecular complexity index is 772. The van der Waals surface area contributed by atoms with Crippen molar-refractivity contribution in [2.24, 2.45) is 0 Å². The molecule has 1 aliphatic rings. The molecule has 0 N–H and O–H groups in total. The summed E-state index contributed by atoms with van der Waals surface area (Å²) >= 11 is 0. The zero-order chi connectivity index (χ0) is 17.3. The third-order valence-corrected chi connectivity index (χ3v) is 4.16. The molecule has 0 unspecified atom stereocenters. The van der Waals surface area contributed by atoms with Gasteiger partial charge in [0, 0.05) is 11.7 Å². The maximum absolute atomic E-state index is 12.9. The quantitative estimate of drug-likeness (QED) is 0.812. The predicted octanol–water partition coefficient (Wildman–Crippen LogP) is 3.35.